The monoisotopic (exact) mass is 404 g/mol. The number of sulfonamides is 1. The molecule has 0 aliphatic carbocycles. The molecule has 0 unspecified atom stereocenters. The number of benzene rings is 2. The summed E-state index contributed by atoms with van der Waals surface area (Å²) in [4.78, 5) is 8.97. The van der Waals surface area contributed by atoms with Crippen LogP contribution in [0.25, 0.3) is 0 Å². The maximum Gasteiger partial charge on any atom is 0.422 e. The molecular weight excluding hydrogens is 393 g/mol. The predicted molar refractivity (Wildman–Crippen MR) is 84.7 cm³/mol. The molecule has 1 heterocycles. The molecule has 0 atom stereocenters. The summed E-state index contributed by atoms with van der Waals surface area (Å²) in [5, 5.41) is 10.9. The molecule has 0 spiro atoms. The number of hydrogen-bond acceptors (Lipinski definition) is 6. The number of nitrogens with zero attached hydrogens (tertiary/aromatic N) is 1. The van der Waals surface area contributed by atoms with Crippen LogP contribution >= 0.6 is 0 Å². The van der Waals surface area contributed by atoms with Crippen LogP contribution in [0.15, 0.2) is 41.3 Å². The van der Waals surface area contributed by atoms with E-state index in [0.29, 0.717) is 35.3 Å². The summed E-state index contributed by atoms with van der Waals surface area (Å²) in [6.45, 7) is -0.159. The molecule has 0 aromatic heterocycles. The van der Waals surface area contributed by atoms with Crippen molar-refractivity contribution in [1.29, 1.82) is 0 Å². The fourth-order valence-corrected chi connectivity index (χ4v) is 3.42. The van der Waals surface area contributed by atoms with Crippen LogP contribution in [0.5, 0.6) is 11.5 Å². The van der Waals surface area contributed by atoms with Crippen molar-refractivity contribution >= 4 is 15.7 Å². The summed E-state index contributed by atoms with van der Waals surface area (Å²) in [6, 6.07) is 6.11. The van der Waals surface area contributed by atoms with Gasteiger partial charge in [-0.25, -0.2) is 13.1 Å². The van der Waals surface area contributed by atoms with Gasteiger partial charge in [-0.1, -0.05) is 6.07 Å². The summed E-state index contributed by atoms with van der Waals surface area (Å²) < 4.78 is 75.5. The van der Waals surface area contributed by atoms with Crippen LogP contribution in [0.4, 0.5) is 18.9 Å². The molecule has 0 saturated carbocycles. The summed E-state index contributed by atoms with van der Waals surface area (Å²) >= 11 is 0. The van der Waals surface area contributed by atoms with E-state index in [9.17, 15) is 31.7 Å². The van der Waals surface area contributed by atoms with Gasteiger partial charge in [0.05, 0.1) is 9.82 Å². The Morgan fingerprint density at radius 2 is 1.81 bits per heavy atom. The average Bonchev–Trinajstić information content (AvgIpc) is 3.06. The first-order chi connectivity index (χ1) is 12.6. The number of halogens is 3. The van der Waals surface area contributed by atoms with Gasteiger partial charge in [-0.15, -0.1) is 0 Å². The highest BCUT2D eigenvalue weighted by atomic mass is 32.2. The van der Waals surface area contributed by atoms with Gasteiger partial charge in [0.2, 0.25) is 16.8 Å². The van der Waals surface area contributed by atoms with Crippen molar-refractivity contribution in [2.45, 2.75) is 17.6 Å². The van der Waals surface area contributed by atoms with Gasteiger partial charge in [0.1, 0.15) is 5.56 Å². The topological polar surface area (TPSA) is 108 Å². The molecule has 1 aliphatic heterocycles. The lowest BCUT2D eigenvalue weighted by Gasteiger charge is -2.10. The molecule has 12 heteroatoms. The average molecular weight is 404 g/mol. The highest BCUT2D eigenvalue weighted by Crippen LogP contribution is 2.37. The Morgan fingerprint density at radius 3 is 2.48 bits per heavy atom. The molecule has 8 nitrogen and oxygen atoms in total. The largest absolute Gasteiger partial charge is 0.454 e. The molecule has 1 aliphatic rings. The molecule has 144 valence electrons. The van der Waals surface area contributed by atoms with E-state index in [1.54, 1.807) is 18.2 Å². The van der Waals surface area contributed by atoms with Crippen molar-refractivity contribution in [2.24, 2.45) is 0 Å². The molecular formula is C15H11F3N2O6S. The number of rotatable bonds is 5. The van der Waals surface area contributed by atoms with Crippen molar-refractivity contribution in [2.75, 3.05) is 6.79 Å². The molecule has 2 aromatic carbocycles. The summed E-state index contributed by atoms with van der Waals surface area (Å²) in [7, 11) is -4.28. The number of nitro groups is 1. The molecule has 1 N–H and O–H groups in total. The Morgan fingerprint density at radius 1 is 1.11 bits per heavy atom. The van der Waals surface area contributed by atoms with Crippen LogP contribution < -0.4 is 14.2 Å². The van der Waals surface area contributed by atoms with Crippen molar-refractivity contribution in [3.8, 4) is 11.5 Å². The van der Waals surface area contributed by atoms with Gasteiger partial charge in [0, 0.05) is 12.6 Å². The molecule has 0 radical (unpaired) electrons. The third-order valence-electron chi connectivity index (χ3n) is 3.68. The zero-order valence-electron chi connectivity index (χ0n) is 13.3. The zero-order chi connectivity index (χ0) is 19.8. The van der Waals surface area contributed by atoms with E-state index in [4.69, 9.17) is 9.47 Å². The lowest BCUT2D eigenvalue weighted by atomic mass is 10.2. The van der Waals surface area contributed by atoms with E-state index < -0.39 is 37.3 Å². The fraction of sp³-hybridized carbons (Fsp3) is 0.200. The Hall–Kier alpha value is -2.86. The Bertz CT molecular complexity index is 1010. The van der Waals surface area contributed by atoms with E-state index in [1.165, 1.54) is 0 Å². The Labute approximate surface area is 150 Å². The third-order valence-corrected chi connectivity index (χ3v) is 5.08. The second-order valence-corrected chi connectivity index (χ2v) is 7.21. The summed E-state index contributed by atoms with van der Waals surface area (Å²) in [5.74, 6) is 0.928. The third kappa shape index (κ3) is 3.95. The lowest BCUT2D eigenvalue weighted by molar-refractivity contribution is -0.388. The first-order valence-corrected chi connectivity index (χ1v) is 8.80. The van der Waals surface area contributed by atoms with Crippen LogP contribution in [0.2, 0.25) is 0 Å². The van der Waals surface area contributed by atoms with Crippen LogP contribution in [0.1, 0.15) is 11.1 Å². The minimum Gasteiger partial charge on any atom is -0.454 e. The summed E-state index contributed by atoms with van der Waals surface area (Å²) in [6.07, 6.45) is -4.98. The molecule has 2 aromatic rings. The SMILES string of the molecule is O=[N+]([O-])c1cc(S(=O)(=O)NCc2ccc3c(c2)OCO3)ccc1C(F)(F)F. The van der Waals surface area contributed by atoms with E-state index in [0.717, 1.165) is 0 Å². The normalized spacial score (nSPS) is 13.6. The number of nitro benzene ring substituents is 1. The number of nitrogens with one attached hydrogen (secondary N) is 1. The number of hydrogen-bond donors (Lipinski definition) is 1. The van der Waals surface area contributed by atoms with Gasteiger partial charge in [-0.2, -0.15) is 13.2 Å². The van der Waals surface area contributed by atoms with Gasteiger partial charge in [0.25, 0.3) is 5.69 Å². The number of alkyl halides is 3. The predicted octanol–water partition coefficient (Wildman–Crippen LogP) is 2.82. The molecule has 0 bridgehead atoms. The number of fused-ring (bicyclic) bond motifs is 1. The van der Waals surface area contributed by atoms with Gasteiger partial charge in [-0.3, -0.25) is 10.1 Å². The van der Waals surface area contributed by atoms with Crippen LogP contribution in [-0.4, -0.2) is 20.1 Å². The smallest absolute Gasteiger partial charge is 0.422 e. The van der Waals surface area contributed by atoms with Gasteiger partial charge in [0.15, 0.2) is 11.5 Å². The molecule has 0 amide bonds. The molecule has 0 fully saturated rings. The maximum absolute atomic E-state index is 12.8. The van der Waals surface area contributed by atoms with E-state index in [1.807, 2.05) is 0 Å². The van der Waals surface area contributed by atoms with Crippen LogP contribution in [0.3, 0.4) is 0 Å². The van der Waals surface area contributed by atoms with Crippen molar-refractivity contribution in [1.82, 2.24) is 4.72 Å². The van der Waals surface area contributed by atoms with E-state index in [2.05, 4.69) is 4.72 Å². The van der Waals surface area contributed by atoms with Gasteiger partial charge >= 0.3 is 6.18 Å². The quantitative estimate of drug-likeness (QED) is 0.607. The second kappa shape index (κ2) is 6.70. The highest BCUT2D eigenvalue weighted by Gasteiger charge is 2.39. The van der Waals surface area contributed by atoms with Crippen molar-refractivity contribution in [3.05, 3.63) is 57.6 Å². The van der Waals surface area contributed by atoms with Crippen LogP contribution in [0, 0.1) is 10.1 Å². The van der Waals surface area contributed by atoms with Crippen molar-refractivity contribution < 1.29 is 36.0 Å². The molecule has 27 heavy (non-hydrogen) atoms. The van der Waals surface area contributed by atoms with Crippen molar-refractivity contribution in [3.63, 3.8) is 0 Å². The zero-order valence-corrected chi connectivity index (χ0v) is 14.1. The van der Waals surface area contributed by atoms with Crippen LogP contribution in [-0.2, 0) is 22.7 Å². The van der Waals surface area contributed by atoms with Gasteiger partial charge < -0.3 is 9.47 Å². The van der Waals surface area contributed by atoms with Gasteiger partial charge in [-0.05, 0) is 29.8 Å². The molecule has 3 rings (SSSR count). The second-order valence-electron chi connectivity index (χ2n) is 5.45. The fourth-order valence-electron chi connectivity index (χ4n) is 2.38. The van der Waals surface area contributed by atoms with E-state index in [-0.39, 0.29) is 13.3 Å². The maximum atomic E-state index is 12.8. The Kier molecular flexibility index (Phi) is 4.70. The first kappa shape index (κ1) is 18.9. The molecule has 0 saturated heterocycles. The van der Waals surface area contributed by atoms with E-state index >= 15 is 0 Å². The summed E-state index contributed by atoms with van der Waals surface area (Å²) in [5.41, 5.74) is -2.36. The number of ether oxygens (including phenoxy) is 2. The minimum atomic E-state index is -4.98. The Balaban J connectivity index is 1.84. The lowest BCUT2D eigenvalue weighted by Crippen LogP contribution is -2.23. The minimum absolute atomic E-state index is 0.0414. The highest BCUT2D eigenvalue weighted by molar-refractivity contribution is 7.89. The standard InChI is InChI=1S/C15H11F3N2O6S/c16-15(17,18)11-3-2-10(6-12(11)20(21)22)27(23,24)19-7-9-1-4-13-14(5-9)26-8-25-13/h1-6,19H,7-8H2. The first-order valence-electron chi connectivity index (χ1n) is 7.32.